The second-order valence-electron chi connectivity index (χ2n) is 9.92. The third-order valence-electron chi connectivity index (χ3n) is 7.63. The number of hydrogen-bond donors (Lipinski definition) is 0. The van der Waals surface area contributed by atoms with E-state index in [1.54, 1.807) is 33.7 Å². The number of fused-ring (bicyclic) bond motifs is 1. The highest BCUT2D eigenvalue weighted by atomic mass is 16.5. The maximum atomic E-state index is 14.0. The Morgan fingerprint density at radius 3 is 2.15 bits per heavy atom. The van der Waals surface area contributed by atoms with Crippen LogP contribution in [-0.2, 0) is 16.0 Å². The van der Waals surface area contributed by atoms with Crippen molar-refractivity contribution < 1.29 is 23.9 Å². The molecule has 2 aromatic carbocycles. The predicted molar refractivity (Wildman–Crippen MR) is 145 cm³/mol. The Balaban J connectivity index is 1.35. The molecule has 3 aliphatic rings. The molecule has 6 rings (SSSR count). The van der Waals surface area contributed by atoms with Gasteiger partial charge in [0.25, 0.3) is 11.8 Å². The number of carbonyl (C=O) groups excluding carboxylic acids is 3. The quantitative estimate of drug-likeness (QED) is 0.504. The Morgan fingerprint density at radius 2 is 1.49 bits per heavy atom. The van der Waals surface area contributed by atoms with Gasteiger partial charge in [-0.15, -0.1) is 0 Å². The number of anilines is 2. The number of aromatic nitrogens is 2. The van der Waals surface area contributed by atoms with Crippen LogP contribution >= 0.6 is 0 Å². The van der Waals surface area contributed by atoms with E-state index in [0.717, 1.165) is 24.2 Å². The van der Waals surface area contributed by atoms with Crippen molar-refractivity contribution >= 4 is 29.1 Å². The number of nitrogens with zero attached hydrogens (tertiary/aromatic N) is 5. The number of amides is 3. The molecule has 3 aliphatic heterocycles. The van der Waals surface area contributed by atoms with Crippen LogP contribution in [0.5, 0.6) is 5.75 Å². The summed E-state index contributed by atoms with van der Waals surface area (Å²) in [5.41, 5.74) is 3.62. The number of piperidine rings is 1. The van der Waals surface area contributed by atoms with E-state index in [0.29, 0.717) is 80.6 Å². The molecule has 0 atom stereocenters. The van der Waals surface area contributed by atoms with Gasteiger partial charge in [-0.25, -0.2) is 4.68 Å². The van der Waals surface area contributed by atoms with Gasteiger partial charge in [-0.2, -0.15) is 5.10 Å². The Bertz CT molecular complexity index is 1390. The average Bonchev–Trinajstić information content (AvgIpc) is 3.38. The van der Waals surface area contributed by atoms with E-state index in [9.17, 15) is 14.4 Å². The second kappa shape index (κ2) is 10.5. The number of ether oxygens (including phenoxy) is 2. The number of benzene rings is 2. The highest BCUT2D eigenvalue weighted by Gasteiger charge is 2.36. The fourth-order valence-corrected chi connectivity index (χ4v) is 5.50. The molecule has 0 radical (unpaired) electrons. The van der Waals surface area contributed by atoms with Crippen molar-refractivity contribution in [1.29, 1.82) is 0 Å². The third kappa shape index (κ3) is 4.65. The molecule has 2 fully saturated rings. The first kappa shape index (κ1) is 25.1. The van der Waals surface area contributed by atoms with E-state index >= 15 is 0 Å². The molecule has 3 amide bonds. The molecule has 0 unspecified atom stereocenters. The maximum absolute atomic E-state index is 14.0. The highest BCUT2D eigenvalue weighted by molar-refractivity contribution is 6.10. The van der Waals surface area contributed by atoms with Crippen molar-refractivity contribution in [1.82, 2.24) is 14.7 Å². The lowest BCUT2D eigenvalue weighted by Crippen LogP contribution is -2.42. The first-order valence-electron chi connectivity index (χ1n) is 13.4. The number of hydrogen-bond acceptors (Lipinski definition) is 6. The van der Waals surface area contributed by atoms with Gasteiger partial charge < -0.3 is 24.2 Å². The standard InChI is InChI=1S/C29H31N5O5/c1-38-23-11-9-22(10-12-23)34-27-24(26(30-34)28(36)31-16-18-39-19-17-31)13-15-33(29(27)37)21-7-5-20(6-8-21)32-14-3-2-4-25(32)35/h5-12H,2-4,13-19H2,1H3. The van der Waals surface area contributed by atoms with Gasteiger partial charge in [0.05, 0.1) is 26.0 Å². The zero-order valence-corrected chi connectivity index (χ0v) is 22.0. The van der Waals surface area contributed by atoms with Crippen molar-refractivity contribution in [2.24, 2.45) is 0 Å². The zero-order valence-electron chi connectivity index (χ0n) is 22.0. The van der Waals surface area contributed by atoms with Crippen molar-refractivity contribution in [2.45, 2.75) is 25.7 Å². The Kier molecular flexibility index (Phi) is 6.78. The van der Waals surface area contributed by atoms with E-state index < -0.39 is 0 Å². The molecule has 10 nitrogen and oxygen atoms in total. The summed E-state index contributed by atoms with van der Waals surface area (Å²) in [5.74, 6) is 0.416. The molecule has 3 aromatic rings. The van der Waals surface area contributed by atoms with Crippen molar-refractivity contribution in [3.8, 4) is 11.4 Å². The first-order valence-corrected chi connectivity index (χ1v) is 13.4. The van der Waals surface area contributed by atoms with Crippen LogP contribution in [0.2, 0.25) is 0 Å². The molecule has 0 saturated carbocycles. The molecule has 4 heterocycles. The predicted octanol–water partition coefficient (Wildman–Crippen LogP) is 3.07. The lowest BCUT2D eigenvalue weighted by molar-refractivity contribution is -0.119. The fourth-order valence-electron chi connectivity index (χ4n) is 5.50. The number of methoxy groups -OCH3 is 1. The van der Waals surface area contributed by atoms with Crippen LogP contribution in [0.3, 0.4) is 0 Å². The molecule has 39 heavy (non-hydrogen) atoms. The van der Waals surface area contributed by atoms with E-state index in [1.807, 2.05) is 41.3 Å². The minimum atomic E-state index is -0.220. The molecule has 202 valence electrons. The number of carbonyl (C=O) groups is 3. The van der Waals surface area contributed by atoms with Gasteiger partial charge in [-0.1, -0.05) is 0 Å². The topological polar surface area (TPSA) is 97.2 Å². The second-order valence-corrected chi connectivity index (χ2v) is 9.92. The van der Waals surface area contributed by atoms with Crippen LogP contribution in [0.4, 0.5) is 11.4 Å². The SMILES string of the molecule is COc1ccc(-n2nc(C(=O)N3CCOCC3)c3c2C(=O)N(c2ccc(N4CCCCC4=O)cc2)CC3)cc1. The Labute approximate surface area is 226 Å². The molecule has 10 heteroatoms. The fraction of sp³-hybridized carbons (Fsp3) is 0.379. The molecule has 1 aromatic heterocycles. The highest BCUT2D eigenvalue weighted by Crippen LogP contribution is 2.31. The van der Waals surface area contributed by atoms with Crippen LogP contribution in [-0.4, -0.2) is 78.9 Å². The normalized spacial score (nSPS) is 17.8. The summed E-state index contributed by atoms with van der Waals surface area (Å²) >= 11 is 0. The molecule has 0 aliphatic carbocycles. The summed E-state index contributed by atoms with van der Waals surface area (Å²) in [5, 5.41) is 4.71. The van der Waals surface area contributed by atoms with E-state index in [-0.39, 0.29) is 17.7 Å². The van der Waals surface area contributed by atoms with Gasteiger partial charge in [-0.05, 0) is 67.8 Å². The summed E-state index contributed by atoms with van der Waals surface area (Å²) in [7, 11) is 1.59. The maximum Gasteiger partial charge on any atom is 0.277 e. The van der Waals surface area contributed by atoms with Crippen LogP contribution in [0.15, 0.2) is 48.5 Å². The Hall–Kier alpha value is -4.18. The van der Waals surface area contributed by atoms with Gasteiger partial charge in [0.15, 0.2) is 5.69 Å². The summed E-state index contributed by atoms with van der Waals surface area (Å²) in [6.45, 7) is 3.10. The van der Waals surface area contributed by atoms with Gasteiger partial charge in [0.2, 0.25) is 5.91 Å². The molecule has 0 N–H and O–H groups in total. The van der Waals surface area contributed by atoms with Gasteiger partial charge in [0.1, 0.15) is 11.4 Å². The third-order valence-corrected chi connectivity index (χ3v) is 7.63. The Morgan fingerprint density at radius 1 is 0.821 bits per heavy atom. The molecule has 0 bridgehead atoms. The van der Waals surface area contributed by atoms with Gasteiger partial charge in [-0.3, -0.25) is 14.4 Å². The largest absolute Gasteiger partial charge is 0.497 e. The van der Waals surface area contributed by atoms with E-state index in [2.05, 4.69) is 0 Å². The van der Waals surface area contributed by atoms with Crippen molar-refractivity contribution in [3.63, 3.8) is 0 Å². The number of rotatable bonds is 5. The lowest BCUT2D eigenvalue weighted by Gasteiger charge is -2.30. The molecular formula is C29H31N5O5. The minimum absolute atomic E-state index is 0.133. The summed E-state index contributed by atoms with van der Waals surface area (Å²) < 4.78 is 12.3. The van der Waals surface area contributed by atoms with Crippen LogP contribution in [0.1, 0.15) is 45.8 Å². The summed E-state index contributed by atoms with van der Waals surface area (Å²) in [6.07, 6.45) is 2.97. The molecule has 0 spiro atoms. The van der Waals surface area contributed by atoms with E-state index in [4.69, 9.17) is 14.6 Å². The van der Waals surface area contributed by atoms with Gasteiger partial charge in [0, 0.05) is 49.5 Å². The van der Waals surface area contributed by atoms with Crippen LogP contribution < -0.4 is 14.5 Å². The van der Waals surface area contributed by atoms with Crippen molar-refractivity contribution in [3.05, 3.63) is 65.5 Å². The van der Waals surface area contributed by atoms with Crippen molar-refractivity contribution in [2.75, 3.05) is 56.3 Å². The monoisotopic (exact) mass is 529 g/mol. The first-order chi connectivity index (χ1) is 19.0. The molecule has 2 saturated heterocycles. The smallest absolute Gasteiger partial charge is 0.277 e. The number of morpholine rings is 1. The lowest BCUT2D eigenvalue weighted by atomic mass is 10.0. The zero-order chi connectivity index (χ0) is 26.9. The van der Waals surface area contributed by atoms with E-state index in [1.165, 1.54) is 0 Å². The summed E-state index contributed by atoms with van der Waals surface area (Å²) in [6, 6.07) is 14.8. The summed E-state index contributed by atoms with van der Waals surface area (Å²) in [4.78, 5) is 45.2. The van der Waals surface area contributed by atoms with Gasteiger partial charge >= 0.3 is 0 Å². The molecular weight excluding hydrogens is 498 g/mol. The minimum Gasteiger partial charge on any atom is -0.497 e. The van der Waals surface area contributed by atoms with Crippen LogP contribution in [0, 0.1) is 0 Å². The average molecular weight is 530 g/mol. The van der Waals surface area contributed by atoms with Crippen LogP contribution in [0.25, 0.3) is 5.69 Å².